The third-order valence-electron chi connectivity index (χ3n) is 3.22. The fraction of sp³-hybridized carbons (Fsp3) is 0.571. The Morgan fingerprint density at radius 1 is 1.26 bits per heavy atom. The van der Waals surface area contributed by atoms with E-state index in [-0.39, 0.29) is 24.3 Å². The average molecular weight is 285 g/mol. The smallest absolute Gasteiger partial charge is 0.180 e. The fourth-order valence-corrected chi connectivity index (χ4v) is 3.29. The number of aliphatic hydroxyl groups excluding tert-OH is 1. The maximum atomic E-state index is 12.2. The van der Waals surface area contributed by atoms with Gasteiger partial charge in [0.15, 0.2) is 9.84 Å². The van der Waals surface area contributed by atoms with E-state index < -0.39 is 9.84 Å². The first-order chi connectivity index (χ1) is 8.92. The minimum atomic E-state index is -3.24. The van der Waals surface area contributed by atoms with Crippen molar-refractivity contribution in [3.05, 3.63) is 24.3 Å². The van der Waals surface area contributed by atoms with E-state index in [0.29, 0.717) is 17.0 Å². The molecule has 0 fully saturated rings. The standard InChI is InChI=1S/C14H23NO3S/c1-4-9-19(17,18)14-8-6-5-7-13(14)15-12(3)11(2)10-16/h5-8,11-12,15-16H,4,9-10H2,1-3H3. The molecule has 0 radical (unpaired) electrons. The predicted molar refractivity (Wildman–Crippen MR) is 78.1 cm³/mol. The zero-order chi connectivity index (χ0) is 14.5. The molecule has 0 aliphatic carbocycles. The molecule has 108 valence electrons. The van der Waals surface area contributed by atoms with Gasteiger partial charge in [0, 0.05) is 12.6 Å². The molecular weight excluding hydrogens is 262 g/mol. The highest BCUT2D eigenvalue weighted by Crippen LogP contribution is 2.24. The van der Waals surface area contributed by atoms with Gasteiger partial charge in [0.05, 0.1) is 16.3 Å². The van der Waals surface area contributed by atoms with Crippen LogP contribution in [0.3, 0.4) is 0 Å². The van der Waals surface area contributed by atoms with E-state index in [1.54, 1.807) is 18.2 Å². The van der Waals surface area contributed by atoms with Gasteiger partial charge in [0.25, 0.3) is 0 Å². The Balaban J connectivity index is 3.03. The summed E-state index contributed by atoms with van der Waals surface area (Å²) in [5.41, 5.74) is 0.615. The van der Waals surface area contributed by atoms with Crippen LogP contribution in [0.15, 0.2) is 29.2 Å². The van der Waals surface area contributed by atoms with Crippen molar-refractivity contribution in [2.75, 3.05) is 17.7 Å². The number of hydrogen-bond acceptors (Lipinski definition) is 4. The van der Waals surface area contributed by atoms with Crippen molar-refractivity contribution in [2.24, 2.45) is 5.92 Å². The molecule has 0 aliphatic heterocycles. The highest BCUT2D eigenvalue weighted by Gasteiger charge is 2.19. The molecule has 5 heteroatoms. The molecule has 0 aromatic heterocycles. The molecule has 4 nitrogen and oxygen atoms in total. The van der Waals surface area contributed by atoms with Gasteiger partial charge in [-0.1, -0.05) is 26.0 Å². The molecule has 0 bridgehead atoms. The van der Waals surface area contributed by atoms with E-state index in [9.17, 15) is 8.42 Å². The molecule has 0 aliphatic rings. The summed E-state index contributed by atoms with van der Waals surface area (Å²) in [5.74, 6) is 0.206. The molecule has 0 saturated heterocycles. The number of anilines is 1. The van der Waals surface area contributed by atoms with Crippen molar-refractivity contribution < 1.29 is 13.5 Å². The Bertz CT molecular complexity index is 499. The molecular formula is C14H23NO3S. The first kappa shape index (κ1) is 16.0. The number of rotatable bonds is 7. The Hall–Kier alpha value is -1.07. The van der Waals surface area contributed by atoms with Crippen LogP contribution >= 0.6 is 0 Å². The van der Waals surface area contributed by atoms with Crippen LogP contribution in [0.2, 0.25) is 0 Å². The number of sulfone groups is 1. The van der Waals surface area contributed by atoms with Crippen molar-refractivity contribution in [3.63, 3.8) is 0 Å². The van der Waals surface area contributed by atoms with Gasteiger partial charge in [-0.05, 0) is 31.4 Å². The lowest BCUT2D eigenvalue weighted by Crippen LogP contribution is -2.27. The Morgan fingerprint density at radius 2 is 1.89 bits per heavy atom. The third kappa shape index (κ3) is 4.21. The molecule has 2 unspecified atom stereocenters. The molecule has 0 spiro atoms. The molecule has 1 aromatic carbocycles. The molecule has 1 aromatic rings. The molecule has 19 heavy (non-hydrogen) atoms. The summed E-state index contributed by atoms with van der Waals surface area (Å²) in [4.78, 5) is 0.342. The van der Waals surface area contributed by atoms with Crippen LogP contribution in [-0.2, 0) is 9.84 Å². The molecule has 2 N–H and O–H groups in total. The first-order valence-corrected chi connectivity index (χ1v) is 8.26. The zero-order valence-corrected chi connectivity index (χ0v) is 12.6. The largest absolute Gasteiger partial charge is 0.396 e. The number of aliphatic hydroxyl groups is 1. The van der Waals surface area contributed by atoms with Crippen molar-refractivity contribution in [3.8, 4) is 0 Å². The second-order valence-corrected chi connectivity index (χ2v) is 6.99. The molecule has 0 heterocycles. The SMILES string of the molecule is CCCS(=O)(=O)c1ccccc1NC(C)C(C)CO. The summed E-state index contributed by atoms with van der Waals surface area (Å²) < 4.78 is 24.4. The quantitative estimate of drug-likeness (QED) is 0.806. The minimum absolute atomic E-state index is 0.00276. The monoisotopic (exact) mass is 285 g/mol. The molecule has 0 amide bonds. The maximum Gasteiger partial charge on any atom is 0.180 e. The highest BCUT2D eigenvalue weighted by atomic mass is 32.2. The lowest BCUT2D eigenvalue weighted by molar-refractivity contribution is 0.226. The Labute approximate surface area is 115 Å². The lowest BCUT2D eigenvalue weighted by atomic mass is 10.0. The second-order valence-electron chi connectivity index (χ2n) is 4.91. The van der Waals surface area contributed by atoms with Gasteiger partial charge < -0.3 is 10.4 Å². The summed E-state index contributed by atoms with van der Waals surface area (Å²) in [6.45, 7) is 5.77. The Morgan fingerprint density at radius 3 is 2.47 bits per heavy atom. The summed E-state index contributed by atoms with van der Waals surface area (Å²) in [6.07, 6.45) is 0.596. The predicted octanol–water partition coefficient (Wildman–Crippen LogP) is 2.30. The Kier molecular flexibility index (Phi) is 5.82. The summed E-state index contributed by atoms with van der Waals surface area (Å²) in [7, 11) is -3.24. The average Bonchev–Trinajstić information content (AvgIpc) is 2.38. The van der Waals surface area contributed by atoms with Gasteiger partial charge in [-0.25, -0.2) is 8.42 Å². The van der Waals surface area contributed by atoms with Gasteiger partial charge >= 0.3 is 0 Å². The highest BCUT2D eigenvalue weighted by molar-refractivity contribution is 7.91. The van der Waals surface area contributed by atoms with E-state index in [4.69, 9.17) is 5.11 Å². The third-order valence-corrected chi connectivity index (χ3v) is 5.19. The number of hydrogen-bond donors (Lipinski definition) is 2. The van der Waals surface area contributed by atoms with E-state index in [2.05, 4.69) is 5.32 Å². The second kappa shape index (κ2) is 6.91. The maximum absolute atomic E-state index is 12.2. The van der Waals surface area contributed by atoms with Crippen molar-refractivity contribution >= 4 is 15.5 Å². The van der Waals surface area contributed by atoms with Crippen molar-refractivity contribution in [2.45, 2.75) is 38.1 Å². The van der Waals surface area contributed by atoms with Crippen LogP contribution in [0.1, 0.15) is 27.2 Å². The van der Waals surface area contributed by atoms with Crippen LogP contribution in [0, 0.1) is 5.92 Å². The van der Waals surface area contributed by atoms with Crippen LogP contribution < -0.4 is 5.32 Å². The normalized spacial score (nSPS) is 14.9. The van der Waals surface area contributed by atoms with Gasteiger partial charge in [-0.15, -0.1) is 0 Å². The van der Waals surface area contributed by atoms with E-state index in [1.165, 1.54) is 0 Å². The first-order valence-electron chi connectivity index (χ1n) is 6.61. The van der Waals surface area contributed by atoms with Gasteiger partial charge in [-0.3, -0.25) is 0 Å². The van der Waals surface area contributed by atoms with Crippen molar-refractivity contribution in [1.29, 1.82) is 0 Å². The molecule has 1 rings (SSSR count). The van der Waals surface area contributed by atoms with Gasteiger partial charge in [0.1, 0.15) is 0 Å². The van der Waals surface area contributed by atoms with Gasteiger partial charge in [-0.2, -0.15) is 0 Å². The summed E-state index contributed by atoms with van der Waals surface area (Å²) in [6, 6.07) is 6.94. The lowest BCUT2D eigenvalue weighted by Gasteiger charge is -2.22. The zero-order valence-electron chi connectivity index (χ0n) is 11.8. The van der Waals surface area contributed by atoms with Crippen molar-refractivity contribution in [1.82, 2.24) is 0 Å². The van der Waals surface area contributed by atoms with Crippen LogP contribution in [-0.4, -0.2) is 31.9 Å². The molecule has 0 saturated carbocycles. The van der Waals surface area contributed by atoms with Gasteiger partial charge in [0.2, 0.25) is 0 Å². The topological polar surface area (TPSA) is 66.4 Å². The minimum Gasteiger partial charge on any atom is -0.396 e. The number of para-hydroxylation sites is 1. The number of benzene rings is 1. The van der Waals surface area contributed by atoms with E-state index in [1.807, 2.05) is 26.8 Å². The van der Waals surface area contributed by atoms with Crippen LogP contribution in [0.25, 0.3) is 0 Å². The summed E-state index contributed by atoms with van der Waals surface area (Å²) >= 11 is 0. The van der Waals surface area contributed by atoms with Crippen LogP contribution in [0.4, 0.5) is 5.69 Å². The van der Waals surface area contributed by atoms with Crippen LogP contribution in [0.5, 0.6) is 0 Å². The van der Waals surface area contributed by atoms with E-state index in [0.717, 1.165) is 0 Å². The summed E-state index contributed by atoms with van der Waals surface area (Å²) in [5, 5.41) is 12.3. The number of nitrogens with one attached hydrogen (secondary N) is 1. The molecule has 2 atom stereocenters. The fourth-order valence-electron chi connectivity index (χ4n) is 1.78. The van der Waals surface area contributed by atoms with E-state index >= 15 is 0 Å².